The molecule has 0 radical (unpaired) electrons. The van der Waals surface area contributed by atoms with Crippen LogP contribution in [0.5, 0.6) is 0 Å². The fourth-order valence-corrected chi connectivity index (χ4v) is 7.08. The number of benzene rings is 1. The average molecular weight is 736 g/mol. The summed E-state index contributed by atoms with van der Waals surface area (Å²) in [6.07, 6.45) is 9.50. The van der Waals surface area contributed by atoms with Crippen LogP contribution in [-0.2, 0) is 24.9 Å². The van der Waals surface area contributed by atoms with Crippen molar-refractivity contribution in [3.8, 4) is 11.1 Å². The molecule has 2 saturated heterocycles. The molecule has 4 aromatic rings. The van der Waals surface area contributed by atoms with E-state index in [2.05, 4.69) is 52.5 Å². The number of nitrogens with zero attached hydrogens (tertiary/aromatic N) is 8. The number of carbonyl (C=O) groups is 3. The fraction of sp³-hybridized carbons (Fsp3) is 0.368. The van der Waals surface area contributed by atoms with Crippen molar-refractivity contribution < 1.29 is 14.4 Å². The van der Waals surface area contributed by atoms with Gasteiger partial charge in [-0.3, -0.25) is 28.6 Å². The van der Waals surface area contributed by atoms with Crippen LogP contribution in [-0.4, -0.2) is 99.8 Å². The van der Waals surface area contributed by atoms with Gasteiger partial charge in [0.2, 0.25) is 0 Å². The van der Waals surface area contributed by atoms with Gasteiger partial charge in [-0.15, -0.1) is 0 Å². The minimum absolute atomic E-state index is 0.0282. The topological polar surface area (TPSA) is 198 Å². The van der Waals surface area contributed by atoms with Crippen molar-refractivity contribution in [1.82, 2.24) is 45.0 Å². The number of nitrogens with two attached hydrogens (primary N) is 2. The van der Waals surface area contributed by atoms with Crippen LogP contribution in [0.4, 0.5) is 11.4 Å². The zero-order valence-corrected chi connectivity index (χ0v) is 31.2. The molecule has 2 amide bonds. The second-order valence-corrected chi connectivity index (χ2v) is 13.8. The van der Waals surface area contributed by atoms with E-state index < -0.39 is 11.8 Å². The van der Waals surface area contributed by atoms with Crippen molar-refractivity contribution in [1.29, 1.82) is 0 Å². The molecule has 3 aromatic heterocycles. The molecule has 6 heterocycles. The third kappa shape index (κ3) is 8.61. The second kappa shape index (κ2) is 16.8. The largest absolute Gasteiger partial charge is 0.393 e. The number of nitrogens with one attached hydrogen (secondary N) is 3. The van der Waals surface area contributed by atoms with Crippen LogP contribution in [0.2, 0.25) is 0 Å². The maximum atomic E-state index is 12.7. The van der Waals surface area contributed by atoms with Crippen molar-refractivity contribution in [2.45, 2.75) is 38.4 Å². The van der Waals surface area contributed by atoms with Gasteiger partial charge < -0.3 is 37.2 Å². The van der Waals surface area contributed by atoms with Crippen LogP contribution >= 0.6 is 0 Å². The summed E-state index contributed by atoms with van der Waals surface area (Å²) < 4.78 is 3.64. The molecule has 0 saturated carbocycles. The van der Waals surface area contributed by atoms with E-state index in [-0.39, 0.29) is 29.0 Å². The van der Waals surface area contributed by atoms with E-state index in [1.54, 1.807) is 25.4 Å². The maximum Gasteiger partial charge on any atom is 0.277 e. The van der Waals surface area contributed by atoms with Crippen molar-refractivity contribution in [2.75, 3.05) is 57.5 Å². The highest BCUT2D eigenvalue weighted by Crippen LogP contribution is 2.44. The highest BCUT2D eigenvalue weighted by atomic mass is 16.2. The van der Waals surface area contributed by atoms with Crippen molar-refractivity contribution in [3.05, 3.63) is 101 Å². The Morgan fingerprint density at radius 2 is 1.78 bits per heavy atom. The van der Waals surface area contributed by atoms with E-state index in [0.29, 0.717) is 24.5 Å². The molecule has 2 fully saturated rings. The molecular weight excluding hydrogens is 687 g/mol. The predicted molar refractivity (Wildman–Crippen MR) is 207 cm³/mol. The van der Waals surface area contributed by atoms with E-state index in [0.717, 1.165) is 54.0 Å². The minimum Gasteiger partial charge on any atom is -0.393 e. The SMILES string of the molecule is CN1CCCC1.CNC(=O)/C(N)=C(/C=C(\N)NC(=O)c1ccn(C)n1)Nc1cccc2c1N(C)Cc1c-2cnn1C1CCN(Cc2cccc(C=O)n2)C1. The summed E-state index contributed by atoms with van der Waals surface area (Å²) in [5, 5.41) is 17.4. The molecule has 284 valence electrons. The number of para-hydroxylation sites is 1. The average Bonchev–Trinajstić information content (AvgIpc) is 4.00. The first-order valence-electron chi connectivity index (χ1n) is 18.0. The Kier molecular flexibility index (Phi) is 11.7. The Morgan fingerprint density at radius 3 is 2.46 bits per heavy atom. The number of rotatable bonds is 10. The van der Waals surface area contributed by atoms with Crippen LogP contribution in [0.25, 0.3) is 11.1 Å². The number of likely N-dealkylation sites (tertiary alicyclic amines) is 2. The monoisotopic (exact) mass is 735 g/mol. The summed E-state index contributed by atoms with van der Waals surface area (Å²) in [4.78, 5) is 47.7. The molecule has 1 atom stereocenters. The second-order valence-electron chi connectivity index (χ2n) is 13.8. The summed E-state index contributed by atoms with van der Waals surface area (Å²) in [5.41, 5.74) is 18.7. The van der Waals surface area contributed by atoms with Gasteiger partial charge in [0.25, 0.3) is 11.8 Å². The summed E-state index contributed by atoms with van der Waals surface area (Å²) in [5.74, 6) is -1.05. The lowest BCUT2D eigenvalue weighted by Gasteiger charge is -2.31. The van der Waals surface area contributed by atoms with Crippen LogP contribution in [0.1, 0.15) is 57.7 Å². The highest BCUT2D eigenvalue weighted by Gasteiger charge is 2.32. The molecule has 3 aliphatic rings. The molecule has 0 spiro atoms. The number of pyridine rings is 1. The number of aryl methyl sites for hydroxylation is 1. The molecule has 16 nitrogen and oxygen atoms in total. The van der Waals surface area contributed by atoms with Crippen molar-refractivity contribution >= 4 is 29.5 Å². The molecule has 1 unspecified atom stereocenters. The smallest absolute Gasteiger partial charge is 0.277 e. The standard InChI is InChI=1S/C33H38N12O3.C5H11N/c1-36-33(48)30(35)27(14-29(34)40-32(47)26-11-12-43(3)41-26)39-25-9-5-8-23-24-15-37-45(28(24)18-42(2)31(23)25)22-10-13-44(17-22)16-20-6-4-7-21(19-46)38-20;1-6-4-2-3-5-6/h4-9,11-12,14-15,19,22,39H,10,13,16-18,34-35H2,1-3H3,(H,36,48)(H,40,47);2-5H2,1H3/b29-14+,30-27+;. The zero-order chi connectivity index (χ0) is 38.4. The Labute approximate surface area is 314 Å². The van der Waals surface area contributed by atoms with Gasteiger partial charge in [0, 0.05) is 64.2 Å². The number of aldehydes is 1. The van der Waals surface area contributed by atoms with E-state index in [1.807, 2.05) is 43.6 Å². The fourth-order valence-electron chi connectivity index (χ4n) is 7.08. The van der Waals surface area contributed by atoms with Crippen LogP contribution < -0.4 is 32.3 Å². The summed E-state index contributed by atoms with van der Waals surface area (Å²) in [6, 6.07) is 13.1. The van der Waals surface area contributed by atoms with Gasteiger partial charge in [0.1, 0.15) is 17.2 Å². The number of fused-ring (bicyclic) bond motifs is 3. The van der Waals surface area contributed by atoms with Gasteiger partial charge in [-0.1, -0.05) is 18.2 Å². The number of aromatic nitrogens is 5. The van der Waals surface area contributed by atoms with Crippen LogP contribution in [0.15, 0.2) is 78.1 Å². The molecule has 7 rings (SSSR count). The minimum atomic E-state index is -0.517. The third-order valence-corrected chi connectivity index (χ3v) is 9.79. The van der Waals surface area contributed by atoms with E-state index in [9.17, 15) is 14.4 Å². The normalized spacial score (nSPS) is 17.5. The van der Waals surface area contributed by atoms with Gasteiger partial charge in [-0.2, -0.15) is 10.2 Å². The number of hydrogen-bond donors (Lipinski definition) is 5. The lowest BCUT2D eigenvalue weighted by molar-refractivity contribution is -0.117. The van der Waals surface area contributed by atoms with E-state index in [4.69, 9.17) is 16.6 Å². The van der Waals surface area contributed by atoms with Gasteiger partial charge in [-0.05, 0) is 63.7 Å². The Balaban J connectivity index is 0.000000755. The number of amides is 2. The van der Waals surface area contributed by atoms with Crippen LogP contribution in [0, 0.1) is 0 Å². The predicted octanol–water partition coefficient (Wildman–Crippen LogP) is 2.16. The first kappa shape index (κ1) is 37.7. The molecule has 16 heteroatoms. The lowest BCUT2D eigenvalue weighted by atomic mass is 9.97. The molecule has 0 aliphatic carbocycles. The zero-order valence-electron chi connectivity index (χ0n) is 31.2. The Hall–Kier alpha value is -6.00. The van der Waals surface area contributed by atoms with Gasteiger partial charge in [0.15, 0.2) is 12.0 Å². The molecule has 54 heavy (non-hydrogen) atoms. The molecule has 3 aliphatic heterocycles. The Morgan fingerprint density at radius 1 is 1.00 bits per heavy atom. The van der Waals surface area contributed by atoms with Crippen molar-refractivity contribution in [2.24, 2.45) is 18.5 Å². The first-order valence-corrected chi connectivity index (χ1v) is 18.0. The summed E-state index contributed by atoms with van der Waals surface area (Å²) in [6.45, 7) is 5.62. The Bertz CT molecular complexity index is 2060. The van der Waals surface area contributed by atoms with Crippen molar-refractivity contribution in [3.63, 3.8) is 0 Å². The number of allylic oxidation sites excluding steroid dienone is 1. The van der Waals surface area contributed by atoms with E-state index >= 15 is 0 Å². The molecule has 0 bridgehead atoms. The number of anilines is 2. The first-order chi connectivity index (χ1) is 26.0. The molecular formula is C38H49N13O3. The third-order valence-electron chi connectivity index (χ3n) is 9.79. The number of hydrogen-bond acceptors (Lipinski definition) is 12. The molecule has 7 N–H and O–H groups in total. The summed E-state index contributed by atoms with van der Waals surface area (Å²) >= 11 is 0. The van der Waals surface area contributed by atoms with Gasteiger partial charge in [0.05, 0.1) is 47.2 Å². The van der Waals surface area contributed by atoms with Crippen LogP contribution in [0.3, 0.4) is 0 Å². The van der Waals surface area contributed by atoms with Gasteiger partial charge >= 0.3 is 0 Å². The maximum absolute atomic E-state index is 12.7. The summed E-state index contributed by atoms with van der Waals surface area (Å²) in [7, 11) is 7.36. The van der Waals surface area contributed by atoms with Gasteiger partial charge in [-0.25, -0.2) is 4.98 Å². The lowest BCUT2D eigenvalue weighted by Crippen LogP contribution is -2.31. The quantitative estimate of drug-likeness (QED) is 0.0906. The molecule has 1 aromatic carbocycles. The number of carbonyl (C=O) groups excluding carboxylic acids is 3. The highest BCUT2D eigenvalue weighted by molar-refractivity contribution is 5.96. The van der Waals surface area contributed by atoms with E-state index in [1.165, 1.54) is 43.7 Å². The number of likely N-dealkylation sites (N-methyl/N-ethyl adjacent to an activating group) is 1.